The molecule has 110 valence electrons. The van der Waals surface area contributed by atoms with E-state index in [4.69, 9.17) is 0 Å². The Morgan fingerprint density at radius 3 is 2.60 bits per heavy atom. The lowest BCUT2D eigenvalue weighted by Gasteiger charge is -2.24. The summed E-state index contributed by atoms with van der Waals surface area (Å²) < 4.78 is 0. The normalized spacial score (nSPS) is 23.4. The molecule has 0 spiro atoms. The van der Waals surface area contributed by atoms with Crippen molar-refractivity contribution in [3.8, 4) is 0 Å². The van der Waals surface area contributed by atoms with Gasteiger partial charge in [-0.3, -0.25) is 9.59 Å². The van der Waals surface area contributed by atoms with E-state index in [1.54, 1.807) is 17.0 Å². The summed E-state index contributed by atoms with van der Waals surface area (Å²) in [5, 5.41) is 19.3. The van der Waals surface area contributed by atoms with Gasteiger partial charge >= 0.3 is 0 Å². The molecule has 1 aliphatic heterocycles. The van der Waals surface area contributed by atoms with E-state index < -0.39 is 5.60 Å². The van der Waals surface area contributed by atoms with Gasteiger partial charge in [0.1, 0.15) is 0 Å². The second-order valence-electron chi connectivity index (χ2n) is 5.25. The zero-order valence-electron chi connectivity index (χ0n) is 11.5. The molecule has 1 saturated heterocycles. The van der Waals surface area contributed by atoms with E-state index in [0.29, 0.717) is 42.1 Å². The Morgan fingerprint density at radius 1 is 1.30 bits per heavy atom. The Morgan fingerprint density at radius 2 is 2.00 bits per heavy atom. The van der Waals surface area contributed by atoms with Crippen LogP contribution in [-0.2, 0) is 0 Å². The molecule has 1 fully saturated rings. The van der Waals surface area contributed by atoms with Gasteiger partial charge in [-0.2, -0.15) is 0 Å². The van der Waals surface area contributed by atoms with Gasteiger partial charge in [-0.1, -0.05) is 0 Å². The fraction of sp³-hybridized carbons (Fsp3) is 0.571. The molecule has 1 amide bonds. The van der Waals surface area contributed by atoms with Crippen molar-refractivity contribution in [3.63, 3.8) is 0 Å². The van der Waals surface area contributed by atoms with Crippen LogP contribution in [0.4, 0.5) is 0 Å². The van der Waals surface area contributed by atoms with E-state index in [1.807, 2.05) is 0 Å². The number of carbonyl (C=O) groups is 2. The van der Waals surface area contributed by atoms with E-state index in [0.717, 1.165) is 0 Å². The van der Waals surface area contributed by atoms with Crippen LogP contribution in [0.15, 0.2) is 12.1 Å². The molecule has 1 aliphatic rings. The molecular formula is C14H19NO4S. The quantitative estimate of drug-likeness (QED) is 0.824. The third-order valence-corrected chi connectivity index (χ3v) is 4.84. The van der Waals surface area contributed by atoms with Crippen molar-refractivity contribution in [3.05, 3.63) is 21.9 Å². The molecule has 2 rings (SSSR count). The van der Waals surface area contributed by atoms with E-state index in [1.165, 1.54) is 18.3 Å². The summed E-state index contributed by atoms with van der Waals surface area (Å²) in [6.45, 7) is 2.19. The number of carbonyl (C=O) groups excluding carboxylic acids is 2. The average molecular weight is 297 g/mol. The molecule has 0 aromatic carbocycles. The molecule has 20 heavy (non-hydrogen) atoms. The first-order valence-electron chi connectivity index (χ1n) is 6.68. The van der Waals surface area contributed by atoms with Gasteiger partial charge in [0.2, 0.25) is 0 Å². The van der Waals surface area contributed by atoms with Crippen LogP contribution in [0, 0.1) is 0 Å². The van der Waals surface area contributed by atoms with Crippen molar-refractivity contribution in [2.45, 2.75) is 31.8 Å². The molecule has 0 saturated carbocycles. The van der Waals surface area contributed by atoms with E-state index in [2.05, 4.69) is 0 Å². The Labute approximate surface area is 121 Å². The Hall–Kier alpha value is -1.24. The third-order valence-electron chi connectivity index (χ3n) is 3.66. The van der Waals surface area contributed by atoms with Crippen LogP contribution in [0.3, 0.4) is 0 Å². The lowest BCUT2D eigenvalue weighted by Crippen LogP contribution is -2.36. The SMILES string of the molecule is CC(=O)c1ccc(C(=O)N2CCC[C@](O)(CO)CC2)s1. The molecule has 5 nitrogen and oxygen atoms in total. The Kier molecular flexibility index (Phi) is 4.57. The lowest BCUT2D eigenvalue weighted by atomic mass is 9.96. The van der Waals surface area contributed by atoms with Gasteiger partial charge in [0.25, 0.3) is 5.91 Å². The molecular weight excluding hydrogens is 278 g/mol. The molecule has 0 unspecified atom stereocenters. The van der Waals surface area contributed by atoms with Crippen LogP contribution in [0.25, 0.3) is 0 Å². The molecule has 0 radical (unpaired) electrons. The van der Waals surface area contributed by atoms with Crippen LogP contribution in [0.5, 0.6) is 0 Å². The standard InChI is InChI=1S/C14H19NO4S/c1-10(17)11-3-4-12(20-11)13(18)15-7-2-5-14(19,9-16)6-8-15/h3-4,16,19H,2,5-9H2,1H3/t14-/m1/s1. The number of ketones is 1. The Balaban J connectivity index is 2.07. The van der Waals surface area contributed by atoms with E-state index in [9.17, 15) is 19.8 Å². The largest absolute Gasteiger partial charge is 0.393 e. The summed E-state index contributed by atoms with van der Waals surface area (Å²) in [4.78, 5) is 26.4. The second kappa shape index (κ2) is 6.03. The minimum Gasteiger partial charge on any atom is -0.393 e. The van der Waals surface area contributed by atoms with Crippen LogP contribution in [0.1, 0.15) is 45.5 Å². The van der Waals surface area contributed by atoms with E-state index in [-0.39, 0.29) is 18.3 Å². The summed E-state index contributed by atoms with van der Waals surface area (Å²) in [7, 11) is 0. The van der Waals surface area contributed by atoms with Gasteiger partial charge in [-0.15, -0.1) is 11.3 Å². The third kappa shape index (κ3) is 3.26. The smallest absolute Gasteiger partial charge is 0.263 e. The van der Waals surface area contributed by atoms with Crippen molar-refractivity contribution in [2.75, 3.05) is 19.7 Å². The number of hydrogen-bond donors (Lipinski definition) is 2. The number of hydrogen-bond acceptors (Lipinski definition) is 5. The van der Waals surface area contributed by atoms with E-state index >= 15 is 0 Å². The lowest BCUT2D eigenvalue weighted by molar-refractivity contribution is -0.0250. The zero-order valence-corrected chi connectivity index (χ0v) is 12.3. The first-order chi connectivity index (χ1) is 9.45. The fourth-order valence-corrected chi connectivity index (χ4v) is 3.21. The van der Waals surface area contributed by atoms with Crippen LogP contribution in [0.2, 0.25) is 0 Å². The number of aliphatic hydroxyl groups excluding tert-OH is 1. The maximum absolute atomic E-state index is 12.4. The summed E-state index contributed by atoms with van der Waals surface area (Å²) >= 11 is 1.20. The maximum atomic E-state index is 12.4. The molecule has 1 aromatic heterocycles. The number of amides is 1. The topological polar surface area (TPSA) is 77.8 Å². The molecule has 0 bridgehead atoms. The fourth-order valence-electron chi connectivity index (χ4n) is 2.34. The van der Waals surface area contributed by atoms with Gasteiger partial charge in [-0.25, -0.2) is 0 Å². The highest BCUT2D eigenvalue weighted by molar-refractivity contribution is 7.15. The summed E-state index contributed by atoms with van der Waals surface area (Å²) in [6, 6.07) is 3.34. The minimum absolute atomic E-state index is 0.0421. The highest BCUT2D eigenvalue weighted by Crippen LogP contribution is 2.24. The van der Waals surface area contributed by atoms with Gasteiger partial charge in [0, 0.05) is 13.1 Å². The number of likely N-dealkylation sites (tertiary alicyclic amines) is 1. The van der Waals surface area contributed by atoms with Crippen LogP contribution in [-0.4, -0.2) is 52.1 Å². The molecule has 1 atom stereocenters. The number of nitrogens with zero attached hydrogens (tertiary/aromatic N) is 1. The Bertz CT molecular complexity index is 513. The highest BCUT2D eigenvalue weighted by atomic mass is 32.1. The van der Waals surface area contributed by atoms with Gasteiger partial charge in [0.15, 0.2) is 5.78 Å². The van der Waals surface area contributed by atoms with Crippen molar-refractivity contribution in [2.24, 2.45) is 0 Å². The van der Waals surface area contributed by atoms with Gasteiger partial charge < -0.3 is 15.1 Å². The van der Waals surface area contributed by atoms with Crippen molar-refractivity contribution in [1.29, 1.82) is 0 Å². The zero-order chi connectivity index (χ0) is 14.8. The first kappa shape index (κ1) is 15.2. The van der Waals surface area contributed by atoms with Crippen LogP contribution >= 0.6 is 11.3 Å². The molecule has 1 aromatic rings. The molecule has 2 heterocycles. The van der Waals surface area contributed by atoms with Gasteiger partial charge in [-0.05, 0) is 38.3 Å². The predicted octanol–water partition coefficient (Wildman–Crippen LogP) is 1.30. The number of Topliss-reactive ketones (excluding diaryl/α,β-unsaturated/α-hetero) is 1. The number of rotatable bonds is 3. The second-order valence-corrected chi connectivity index (χ2v) is 6.33. The number of aliphatic hydroxyl groups is 2. The number of thiophene rings is 1. The molecule has 2 N–H and O–H groups in total. The maximum Gasteiger partial charge on any atom is 0.263 e. The predicted molar refractivity (Wildman–Crippen MR) is 76.1 cm³/mol. The molecule has 6 heteroatoms. The minimum atomic E-state index is -1.07. The molecule has 0 aliphatic carbocycles. The monoisotopic (exact) mass is 297 g/mol. The van der Waals surface area contributed by atoms with Crippen LogP contribution < -0.4 is 0 Å². The summed E-state index contributed by atoms with van der Waals surface area (Å²) in [5.74, 6) is -0.149. The van der Waals surface area contributed by atoms with Crippen molar-refractivity contribution in [1.82, 2.24) is 4.90 Å². The highest BCUT2D eigenvalue weighted by Gasteiger charge is 2.31. The van der Waals surface area contributed by atoms with Crippen molar-refractivity contribution >= 4 is 23.0 Å². The summed E-state index contributed by atoms with van der Waals surface area (Å²) in [6.07, 6.45) is 1.53. The summed E-state index contributed by atoms with van der Waals surface area (Å²) in [5.41, 5.74) is -1.07. The van der Waals surface area contributed by atoms with Gasteiger partial charge in [0.05, 0.1) is 22.0 Å². The first-order valence-corrected chi connectivity index (χ1v) is 7.50. The van der Waals surface area contributed by atoms with Crippen molar-refractivity contribution < 1.29 is 19.8 Å². The average Bonchev–Trinajstić information content (AvgIpc) is 2.83.